The quantitative estimate of drug-likeness (QED) is 0.593. The van der Waals surface area contributed by atoms with Crippen LogP contribution in [0.25, 0.3) is 0 Å². The number of esters is 1. The summed E-state index contributed by atoms with van der Waals surface area (Å²) in [6.07, 6.45) is -6.10. The summed E-state index contributed by atoms with van der Waals surface area (Å²) in [7, 11) is 0. The molecule has 0 radical (unpaired) electrons. The van der Waals surface area contributed by atoms with Crippen LogP contribution in [-0.2, 0) is 9.53 Å². The summed E-state index contributed by atoms with van der Waals surface area (Å²) in [4.78, 5) is 10.7. The first-order valence-electron chi connectivity index (χ1n) is 4.87. The average molecular weight is 248 g/mol. The molecule has 0 heterocycles. The molecule has 3 nitrogen and oxygen atoms in total. The number of halogens is 3. The Bertz CT molecular complexity index is 349. The molecule has 0 N–H and O–H groups in total. The third kappa shape index (κ3) is 6.44. The number of benzene rings is 1. The van der Waals surface area contributed by atoms with Crippen molar-refractivity contribution >= 4 is 5.97 Å². The van der Waals surface area contributed by atoms with Gasteiger partial charge in [0.25, 0.3) is 0 Å². The van der Waals surface area contributed by atoms with E-state index in [1.807, 2.05) is 0 Å². The fourth-order valence-electron chi connectivity index (χ4n) is 1.05. The van der Waals surface area contributed by atoms with E-state index in [1.54, 1.807) is 30.3 Å². The normalized spacial score (nSPS) is 11.0. The lowest BCUT2D eigenvalue weighted by Gasteiger charge is -2.08. The van der Waals surface area contributed by atoms with Crippen molar-refractivity contribution in [2.75, 3.05) is 13.2 Å². The van der Waals surface area contributed by atoms with Crippen LogP contribution in [0.4, 0.5) is 13.2 Å². The van der Waals surface area contributed by atoms with E-state index in [1.165, 1.54) is 0 Å². The third-order valence-electron chi connectivity index (χ3n) is 1.70. The topological polar surface area (TPSA) is 35.5 Å². The van der Waals surface area contributed by atoms with E-state index in [2.05, 4.69) is 4.74 Å². The second-order valence-electron chi connectivity index (χ2n) is 3.17. The van der Waals surface area contributed by atoms with Gasteiger partial charge in [0.2, 0.25) is 0 Å². The van der Waals surface area contributed by atoms with Crippen molar-refractivity contribution in [3.05, 3.63) is 30.3 Å². The summed E-state index contributed by atoms with van der Waals surface area (Å²) in [5, 5.41) is 0. The standard InChI is InChI=1S/C11H11F3O3/c12-11(13,14)8-10(15)17-7-6-16-9-4-2-1-3-5-9/h1-5H,6-8H2. The van der Waals surface area contributed by atoms with Crippen LogP contribution in [0.1, 0.15) is 6.42 Å². The lowest BCUT2D eigenvalue weighted by Crippen LogP contribution is -2.19. The predicted octanol–water partition coefficient (Wildman–Crippen LogP) is 2.56. The first-order valence-corrected chi connectivity index (χ1v) is 4.87. The highest BCUT2D eigenvalue weighted by Crippen LogP contribution is 2.19. The van der Waals surface area contributed by atoms with Crippen LogP contribution in [0, 0.1) is 0 Å². The summed E-state index contributed by atoms with van der Waals surface area (Å²) in [5.41, 5.74) is 0. The average Bonchev–Trinajstić information content (AvgIpc) is 2.23. The van der Waals surface area contributed by atoms with Crippen molar-refractivity contribution in [3.63, 3.8) is 0 Å². The second-order valence-corrected chi connectivity index (χ2v) is 3.17. The maximum Gasteiger partial charge on any atom is 0.399 e. The largest absolute Gasteiger partial charge is 0.490 e. The molecule has 0 amide bonds. The van der Waals surface area contributed by atoms with Crippen LogP contribution >= 0.6 is 0 Å². The van der Waals surface area contributed by atoms with Gasteiger partial charge < -0.3 is 9.47 Å². The Morgan fingerprint density at radius 2 is 1.76 bits per heavy atom. The minimum absolute atomic E-state index is 0.0214. The third-order valence-corrected chi connectivity index (χ3v) is 1.70. The molecule has 0 saturated heterocycles. The molecule has 1 aromatic carbocycles. The first-order chi connectivity index (χ1) is 7.97. The Labute approximate surface area is 96.1 Å². The monoisotopic (exact) mass is 248 g/mol. The number of rotatable bonds is 5. The Morgan fingerprint density at radius 1 is 1.12 bits per heavy atom. The van der Waals surface area contributed by atoms with Gasteiger partial charge in [-0.2, -0.15) is 13.2 Å². The van der Waals surface area contributed by atoms with Crippen LogP contribution in [0.5, 0.6) is 5.75 Å². The van der Waals surface area contributed by atoms with Crippen molar-refractivity contribution in [3.8, 4) is 5.75 Å². The summed E-state index contributed by atoms with van der Waals surface area (Å²) >= 11 is 0. The molecule has 0 fully saturated rings. The molecule has 0 aliphatic rings. The maximum atomic E-state index is 11.7. The molecule has 0 aliphatic heterocycles. The number of ether oxygens (including phenoxy) is 2. The van der Waals surface area contributed by atoms with Crippen molar-refractivity contribution in [1.29, 1.82) is 0 Å². The number of hydrogen-bond donors (Lipinski definition) is 0. The highest BCUT2D eigenvalue weighted by molar-refractivity contribution is 5.70. The number of carbonyl (C=O) groups excluding carboxylic acids is 1. The van der Waals surface area contributed by atoms with Gasteiger partial charge in [-0.25, -0.2) is 0 Å². The summed E-state index contributed by atoms with van der Waals surface area (Å²) < 4.78 is 44.7. The number of para-hydroxylation sites is 1. The molecule has 0 aromatic heterocycles. The summed E-state index contributed by atoms with van der Waals surface area (Å²) in [6.45, 7) is -0.183. The molecular weight excluding hydrogens is 237 g/mol. The molecule has 0 saturated carbocycles. The SMILES string of the molecule is O=C(CC(F)(F)F)OCCOc1ccccc1. The molecule has 1 aromatic rings. The number of carbonyl (C=O) groups is 1. The maximum absolute atomic E-state index is 11.7. The van der Waals surface area contributed by atoms with Gasteiger partial charge in [0.05, 0.1) is 0 Å². The summed E-state index contributed by atoms with van der Waals surface area (Å²) in [6, 6.07) is 8.70. The van der Waals surface area contributed by atoms with Crippen LogP contribution < -0.4 is 4.74 Å². The van der Waals surface area contributed by atoms with E-state index < -0.39 is 18.6 Å². The van der Waals surface area contributed by atoms with Crippen molar-refractivity contribution in [2.45, 2.75) is 12.6 Å². The minimum atomic E-state index is -4.53. The zero-order valence-corrected chi connectivity index (χ0v) is 8.87. The van der Waals surface area contributed by atoms with Gasteiger partial charge in [0.15, 0.2) is 0 Å². The zero-order valence-electron chi connectivity index (χ0n) is 8.87. The molecule has 0 bridgehead atoms. The second kappa shape index (κ2) is 6.12. The molecule has 1 rings (SSSR count). The van der Waals surface area contributed by atoms with Crippen molar-refractivity contribution in [2.24, 2.45) is 0 Å². The zero-order chi connectivity index (χ0) is 12.7. The Hall–Kier alpha value is -1.72. The van der Waals surface area contributed by atoms with Gasteiger partial charge in [-0.1, -0.05) is 18.2 Å². The Kier molecular flexibility index (Phi) is 4.81. The lowest BCUT2D eigenvalue weighted by molar-refractivity contribution is -0.171. The Balaban J connectivity index is 2.14. The van der Waals surface area contributed by atoms with Gasteiger partial charge in [-0.05, 0) is 12.1 Å². The molecule has 17 heavy (non-hydrogen) atoms. The van der Waals surface area contributed by atoms with Crippen molar-refractivity contribution < 1.29 is 27.4 Å². The van der Waals surface area contributed by atoms with E-state index >= 15 is 0 Å². The Morgan fingerprint density at radius 3 is 2.35 bits per heavy atom. The minimum Gasteiger partial charge on any atom is -0.490 e. The highest BCUT2D eigenvalue weighted by Gasteiger charge is 2.32. The van der Waals surface area contributed by atoms with Gasteiger partial charge in [0, 0.05) is 0 Å². The van der Waals surface area contributed by atoms with Crippen LogP contribution in [0.15, 0.2) is 30.3 Å². The lowest BCUT2D eigenvalue weighted by atomic mass is 10.3. The van der Waals surface area contributed by atoms with Crippen LogP contribution in [-0.4, -0.2) is 25.4 Å². The van der Waals surface area contributed by atoms with Gasteiger partial charge in [0.1, 0.15) is 25.4 Å². The predicted molar refractivity (Wildman–Crippen MR) is 53.6 cm³/mol. The molecule has 0 atom stereocenters. The first kappa shape index (κ1) is 13.3. The van der Waals surface area contributed by atoms with E-state index in [0.29, 0.717) is 5.75 Å². The number of alkyl halides is 3. The summed E-state index contributed by atoms with van der Waals surface area (Å²) in [5.74, 6) is -0.728. The highest BCUT2D eigenvalue weighted by atomic mass is 19.4. The number of hydrogen-bond acceptors (Lipinski definition) is 3. The molecule has 94 valence electrons. The molecule has 0 aliphatic carbocycles. The fraction of sp³-hybridized carbons (Fsp3) is 0.364. The van der Waals surface area contributed by atoms with Crippen LogP contribution in [0.2, 0.25) is 0 Å². The van der Waals surface area contributed by atoms with E-state index in [0.717, 1.165) is 0 Å². The van der Waals surface area contributed by atoms with Crippen molar-refractivity contribution in [1.82, 2.24) is 0 Å². The smallest absolute Gasteiger partial charge is 0.399 e. The van der Waals surface area contributed by atoms with Gasteiger partial charge in [-0.3, -0.25) is 4.79 Å². The molecular formula is C11H11F3O3. The van der Waals surface area contributed by atoms with E-state index in [9.17, 15) is 18.0 Å². The van der Waals surface area contributed by atoms with Crippen LogP contribution in [0.3, 0.4) is 0 Å². The van der Waals surface area contributed by atoms with Gasteiger partial charge in [-0.15, -0.1) is 0 Å². The van der Waals surface area contributed by atoms with E-state index in [-0.39, 0.29) is 13.2 Å². The molecule has 0 spiro atoms. The van der Waals surface area contributed by atoms with E-state index in [4.69, 9.17) is 4.74 Å². The molecule has 0 unspecified atom stereocenters. The van der Waals surface area contributed by atoms with Gasteiger partial charge >= 0.3 is 12.1 Å². The molecule has 6 heteroatoms. The fourth-order valence-corrected chi connectivity index (χ4v) is 1.05.